The SMILES string of the molecule is Cc1c(OP(Oc2ccc(CCCCCC(C)C)c(CCCCCC(C)C)c2C)Oc2ccc(CCCCCC(C)C)c(CCCCCC(C)C)c2C)ccc(CCCCCC(C)C)c1CCCCCC(C)C. The first kappa shape index (κ1) is 64.8. The lowest BCUT2D eigenvalue weighted by atomic mass is 9.92. The summed E-state index contributed by atoms with van der Waals surface area (Å²) in [5.74, 6) is 7.33. The van der Waals surface area contributed by atoms with Gasteiger partial charge in [-0.25, -0.2) is 0 Å². The largest absolute Gasteiger partial charge is 0.530 e. The molecule has 0 N–H and O–H groups in total. The van der Waals surface area contributed by atoms with Crippen molar-refractivity contribution in [3.05, 3.63) is 86.5 Å². The minimum atomic E-state index is -1.85. The Morgan fingerprint density at radius 3 is 0.685 bits per heavy atom. The minimum Gasteiger partial charge on any atom is -0.408 e. The molecular formula is C69H117O3P. The molecule has 0 aliphatic carbocycles. The Hall–Kier alpha value is -2.51. The standard InChI is InChI=1S/C69H117O3P/c1-52(2)34-22-16-28-40-61-46-49-67(58(13)64(61)43-31-19-25-37-55(7)8)70-73(71-68-50-47-62(41-29-17-23-35-53(3)4)65(59(68)14)44-32-20-26-38-56(9)10)72-69-51-48-63(42-30-18-24-36-54(5)6)66(60(69)15)45-33-21-27-39-57(11)12/h46-57H,16-45H2,1-15H3. The van der Waals surface area contributed by atoms with Crippen molar-refractivity contribution in [3.63, 3.8) is 0 Å². The molecule has 0 fully saturated rings. The van der Waals surface area contributed by atoms with Crippen molar-refractivity contribution in [2.45, 2.75) is 296 Å². The molecule has 0 saturated heterocycles. The van der Waals surface area contributed by atoms with Gasteiger partial charge >= 0.3 is 8.60 Å². The van der Waals surface area contributed by atoms with Crippen molar-refractivity contribution in [1.29, 1.82) is 0 Å². The summed E-state index contributed by atoms with van der Waals surface area (Å²) in [4.78, 5) is 0. The van der Waals surface area contributed by atoms with Crippen LogP contribution in [0.1, 0.15) is 287 Å². The fourth-order valence-corrected chi connectivity index (χ4v) is 12.1. The van der Waals surface area contributed by atoms with Gasteiger partial charge in [0.25, 0.3) is 0 Å². The normalized spacial score (nSPS) is 12.1. The lowest BCUT2D eigenvalue weighted by Gasteiger charge is -2.24. The lowest BCUT2D eigenvalue weighted by Crippen LogP contribution is -2.09. The summed E-state index contributed by atoms with van der Waals surface area (Å²) >= 11 is 0. The van der Waals surface area contributed by atoms with Crippen LogP contribution in [0.4, 0.5) is 0 Å². The molecule has 416 valence electrons. The molecule has 3 aromatic carbocycles. The zero-order valence-electron chi connectivity index (χ0n) is 50.8. The van der Waals surface area contributed by atoms with E-state index in [2.05, 4.69) is 140 Å². The van der Waals surface area contributed by atoms with Crippen LogP contribution in [0.15, 0.2) is 36.4 Å². The Kier molecular flexibility index (Phi) is 33.1. The van der Waals surface area contributed by atoms with Crippen LogP contribution in [-0.4, -0.2) is 0 Å². The molecule has 4 heteroatoms. The first-order valence-corrected chi connectivity index (χ1v) is 32.2. The van der Waals surface area contributed by atoms with E-state index >= 15 is 0 Å². The van der Waals surface area contributed by atoms with Gasteiger partial charge in [0.1, 0.15) is 17.2 Å². The van der Waals surface area contributed by atoms with Gasteiger partial charge in [0.2, 0.25) is 0 Å². The van der Waals surface area contributed by atoms with Gasteiger partial charge in [0.05, 0.1) is 0 Å². The van der Waals surface area contributed by atoms with E-state index in [1.807, 2.05) is 0 Å². The first-order chi connectivity index (χ1) is 35.0. The first-order valence-electron chi connectivity index (χ1n) is 31.1. The Labute approximate surface area is 455 Å². The molecule has 0 spiro atoms. The van der Waals surface area contributed by atoms with Crippen molar-refractivity contribution in [1.82, 2.24) is 0 Å². The second kappa shape index (κ2) is 37.3. The van der Waals surface area contributed by atoms with E-state index in [0.29, 0.717) is 0 Å². The maximum Gasteiger partial charge on any atom is 0.530 e. The highest BCUT2D eigenvalue weighted by atomic mass is 31.2. The number of hydrogen-bond acceptors (Lipinski definition) is 3. The van der Waals surface area contributed by atoms with Crippen molar-refractivity contribution >= 4 is 8.60 Å². The molecule has 0 saturated carbocycles. The van der Waals surface area contributed by atoms with Gasteiger partial charge in [-0.2, -0.15) is 0 Å². The highest BCUT2D eigenvalue weighted by Gasteiger charge is 2.26. The third-order valence-corrected chi connectivity index (χ3v) is 16.8. The molecule has 0 heterocycles. The zero-order valence-corrected chi connectivity index (χ0v) is 51.7. The second-order valence-electron chi connectivity index (χ2n) is 25.4. The number of rotatable bonds is 42. The van der Waals surface area contributed by atoms with E-state index in [0.717, 1.165) is 91.3 Å². The van der Waals surface area contributed by atoms with Crippen LogP contribution >= 0.6 is 8.60 Å². The molecule has 3 aromatic rings. The summed E-state index contributed by atoms with van der Waals surface area (Å²) in [6, 6.07) is 13.9. The highest BCUT2D eigenvalue weighted by molar-refractivity contribution is 7.43. The van der Waals surface area contributed by atoms with Gasteiger partial charge < -0.3 is 13.6 Å². The van der Waals surface area contributed by atoms with Gasteiger partial charge in [0, 0.05) is 0 Å². The van der Waals surface area contributed by atoms with E-state index in [1.165, 1.54) is 204 Å². The number of unbranched alkanes of at least 4 members (excludes halogenated alkanes) is 12. The zero-order chi connectivity index (χ0) is 53.5. The van der Waals surface area contributed by atoms with Crippen molar-refractivity contribution in [2.75, 3.05) is 0 Å². The van der Waals surface area contributed by atoms with Crippen LogP contribution in [0.3, 0.4) is 0 Å². The van der Waals surface area contributed by atoms with Gasteiger partial charge in [-0.05, 0) is 202 Å². The summed E-state index contributed by atoms with van der Waals surface area (Å²) in [7, 11) is -1.85. The molecule has 3 rings (SSSR count). The molecule has 0 aliphatic heterocycles. The molecule has 3 nitrogen and oxygen atoms in total. The third-order valence-electron chi connectivity index (χ3n) is 15.8. The Morgan fingerprint density at radius 2 is 0.479 bits per heavy atom. The number of aryl methyl sites for hydroxylation is 3. The maximum atomic E-state index is 7.24. The molecule has 0 amide bonds. The third kappa shape index (κ3) is 26.9. The highest BCUT2D eigenvalue weighted by Crippen LogP contribution is 2.47. The average molecular weight is 1030 g/mol. The van der Waals surface area contributed by atoms with E-state index in [4.69, 9.17) is 13.6 Å². The van der Waals surface area contributed by atoms with E-state index < -0.39 is 8.60 Å². The maximum absolute atomic E-state index is 7.24. The summed E-state index contributed by atoms with van der Waals surface area (Å²) in [6.45, 7) is 35.2. The van der Waals surface area contributed by atoms with Gasteiger partial charge in [-0.15, -0.1) is 0 Å². The number of hydrogen-bond donors (Lipinski definition) is 0. The fourth-order valence-electron chi connectivity index (χ4n) is 10.9. The van der Waals surface area contributed by atoms with Crippen LogP contribution in [-0.2, 0) is 38.5 Å². The van der Waals surface area contributed by atoms with Crippen LogP contribution < -0.4 is 13.6 Å². The quantitative estimate of drug-likeness (QED) is 0.0418. The van der Waals surface area contributed by atoms with Crippen molar-refractivity contribution in [2.24, 2.45) is 35.5 Å². The predicted molar refractivity (Wildman–Crippen MR) is 324 cm³/mol. The van der Waals surface area contributed by atoms with Crippen molar-refractivity contribution in [3.8, 4) is 17.2 Å². The molecule has 0 atom stereocenters. The second-order valence-corrected chi connectivity index (χ2v) is 26.4. The molecule has 0 unspecified atom stereocenters. The molecule has 0 aliphatic rings. The van der Waals surface area contributed by atoms with E-state index in [9.17, 15) is 0 Å². The van der Waals surface area contributed by atoms with Crippen molar-refractivity contribution < 1.29 is 13.6 Å². The minimum absolute atomic E-state index is 0.759. The molecule has 0 bridgehead atoms. The fraction of sp³-hybridized carbons (Fsp3) is 0.739. The molecular weight excluding hydrogens is 908 g/mol. The number of benzene rings is 3. The Balaban J connectivity index is 2.11. The van der Waals surface area contributed by atoms with Gasteiger partial charge in [0.15, 0.2) is 0 Å². The summed E-state index contributed by atoms with van der Waals surface area (Å²) in [6.07, 6.45) is 37.5. The molecule has 0 aromatic heterocycles. The van der Waals surface area contributed by atoms with E-state index in [-0.39, 0.29) is 0 Å². The van der Waals surface area contributed by atoms with Crippen LogP contribution in [0.25, 0.3) is 0 Å². The lowest BCUT2D eigenvalue weighted by molar-refractivity contribution is 0.384. The van der Waals surface area contributed by atoms with E-state index in [1.54, 1.807) is 0 Å². The van der Waals surface area contributed by atoms with Gasteiger partial charge in [-0.3, -0.25) is 0 Å². The summed E-state index contributed by atoms with van der Waals surface area (Å²) in [5, 5.41) is 0. The predicted octanol–water partition coefficient (Wildman–Crippen LogP) is 22.9. The Morgan fingerprint density at radius 1 is 0.274 bits per heavy atom. The van der Waals surface area contributed by atoms with Gasteiger partial charge in [-0.1, -0.05) is 217 Å². The summed E-state index contributed by atoms with van der Waals surface area (Å²) < 4.78 is 21.7. The van der Waals surface area contributed by atoms with Crippen LogP contribution in [0.2, 0.25) is 0 Å². The van der Waals surface area contributed by atoms with Crippen LogP contribution in [0.5, 0.6) is 17.2 Å². The summed E-state index contributed by atoms with van der Waals surface area (Å²) in [5.41, 5.74) is 12.8. The topological polar surface area (TPSA) is 27.7 Å². The monoisotopic (exact) mass is 1020 g/mol. The van der Waals surface area contributed by atoms with Crippen LogP contribution in [0, 0.1) is 56.3 Å². The average Bonchev–Trinajstić information content (AvgIpc) is 3.32. The molecule has 73 heavy (non-hydrogen) atoms. The molecule has 0 radical (unpaired) electrons. The Bertz CT molecular complexity index is 1690. The smallest absolute Gasteiger partial charge is 0.408 e.